The molecule has 1 aromatic rings. The molecule has 0 aromatic heterocycles. The van der Waals surface area contributed by atoms with Gasteiger partial charge in [0.2, 0.25) is 0 Å². The average Bonchev–Trinajstić information content (AvgIpc) is 2.24. The fraction of sp³-hybridized carbons (Fsp3) is 0.538. The molecule has 0 aliphatic heterocycles. The molecule has 0 heterocycles. The van der Waals surface area contributed by atoms with E-state index >= 15 is 0 Å². The summed E-state index contributed by atoms with van der Waals surface area (Å²) in [5, 5.41) is 0. The molecule has 2 rings (SSSR count). The van der Waals surface area contributed by atoms with Gasteiger partial charge in [-0.25, -0.2) is 4.39 Å². The third-order valence-corrected chi connectivity index (χ3v) is 3.41. The molecule has 1 aromatic carbocycles. The van der Waals surface area contributed by atoms with Crippen LogP contribution in [0.1, 0.15) is 31.2 Å². The topological polar surface area (TPSA) is 26.0 Å². The third kappa shape index (κ3) is 2.57. The molecule has 2 atom stereocenters. The van der Waals surface area contributed by atoms with Gasteiger partial charge in [-0.15, -0.1) is 0 Å². The largest absolute Gasteiger partial charge is 0.327 e. The SMILES string of the molecule is NC1CCCCC1Cc1ccccc1F. The maximum Gasteiger partial charge on any atom is 0.126 e. The highest BCUT2D eigenvalue weighted by atomic mass is 19.1. The monoisotopic (exact) mass is 207 g/mol. The normalized spacial score (nSPS) is 26.5. The van der Waals surface area contributed by atoms with Gasteiger partial charge in [0, 0.05) is 6.04 Å². The van der Waals surface area contributed by atoms with Crippen molar-refractivity contribution in [1.29, 1.82) is 0 Å². The number of halogens is 1. The van der Waals surface area contributed by atoms with Crippen molar-refractivity contribution >= 4 is 0 Å². The van der Waals surface area contributed by atoms with Crippen molar-refractivity contribution in [2.45, 2.75) is 38.1 Å². The van der Waals surface area contributed by atoms with Crippen LogP contribution in [0, 0.1) is 11.7 Å². The van der Waals surface area contributed by atoms with E-state index in [4.69, 9.17) is 5.73 Å². The first-order chi connectivity index (χ1) is 7.27. The van der Waals surface area contributed by atoms with Gasteiger partial charge >= 0.3 is 0 Å². The van der Waals surface area contributed by atoms with Crippen LogP contribution >= 0.6 is 0 Å². The predicted octanol–water partition coefficient (Wildman–Crippen LogP) is 2.89. The highest BCUT2D eigenvalue weighted by Gasteiger charge is 2.22. The second-order valence-electron chi connectivity index (χ2n) is 4.50. The molecule has 0 radical (unpaired) electrons. The van der Waals surface area contributed by atoms with Gasteiger partial charge in [0.1, 0.15) is 5.82 Å². The van der Waals surface area contributed by atoms with Crippen molar-refractivity contribution in [2.75, 3.05) is 0 Å². The van der Waals surface area contributed by atoms with E-state index < -0.39 is 0 Å². The van der Waals surface area contributed by atoms with Crippen molar-refractivity contribution < 1.29 is 4.39 Å². The lowest BCUT2D eigenvalue weighted by atomic mass is 9.81. The Morgan fingerprint density at radius 3 is 2.67 bits per heavy atom. The molecule has 2 N–H and O–H groups in total. The van der Waals surface area contributed by atoms with Crippen molar-refractivity contribution in [3.63, 3.8) is 0 Å². The fourth-order valence-electron chi connectivity index (χ4n) is 2.44. The molecule has 1 nitrogen and oxygen atoms in total. The van der Waals surface area contributed by atoms with E-state index in [-0.39, 0.29) is 11.9 Å². The van der Waals surface area contributed by atoms with Gasteiger partial charge in [-0.05, 0) is 36.8 Å². The van der Waals surface area contributed by atoms with Gasteiger partial charge in [0.25, 0.3) is 0 Å². The highest BCUT2D eigenvalue weighted by molar-refractivity contribution is 5.18. The number of benzene rings is 1. The smallest absolute Gasteiger partial charge is 0.126 e. The van der Waals surface area contributed by atoms with E-state index in [9.17, 15) is 4.39 Å². The quantitative estimate of drug-likeness (QED) is 0.792. The maximum absolute atomic E-state index is 13.4. The summed E-state index contributed by atoms with van der Waals surface area (Å²) in [4.78, 5) is 0. The molecule has 0 amide bonds. The number of rotatable bonds is 2. The van der Waals surface area contributed by atoms with Crippen molar-refractivity contribution in [3.05, 3.63) is 35.6 Å². The molecular formula is C13H18FN. The molecule has 0 spiro atoms. The Hall–Kier alpha value is -0.890. The summed E-state index contributed by atoms with van der Waals surface area (Å²) >= 11 is 0. The summed E-state index contributed by atoms with van der Waals surface area (Å²) in [7, 11) is 0. The minimum atomic E-state index is -0.0877. The lowest BCUT2D eigenvalue weighted by Crippen LogP contribution is -2.34. The zero-order valence-corrected chi connectivity index (χ0v) is 8.95. The average molecular weight is 207 g/mol. The van der Waals surface area contributed by atoms with Crippen molar-refractivity contribution in [1.82, 2.24) is 0 Å². The summed E-state index contributed by atoms with van der Waals surface area (Å²) in [6.07, 6.45) is 5.52. The molecule has 1 aliphatic carbocycles. The lowest BCUT2D eigenvalue weighted by molar-refractivity contribution is 0.304. The van der Waals surface area contributed by atoms with Crippen LogP contribution in [0.15, 0.2) is 24.3 Å². The zero-order valence-electron chi connectivity index (χ0n) is 8.95. The molecule has 0 bridgehead atoms. The molecule has 1 fully saturated rings. The Morgan fingerprint density at radius 2 is 1.93 bits per heavy atom. The van der Waals surface area contributed by atoms with Crippen molar-refractivity contribution in [2.24, 2.45) is 11.7 Å². The third-order valence-electron chi connectivity index (χ3n) is 3.41. The standard InChI is InChI=1S/C13H18FN/c14-12-7-3-1-5-10(12)9-11-6-2-4-8-13(11)15/h1,3,5,7,11,13H,2,4,6,8-9,15H2. The molecule has 1 saturated carbocycles. The van der Waals surface area contributed by atoms with E-state index in [1.165, 1.54) is 18.9 Å². The Bertz CT molecular complexity index is 324. The Balaban J connectivity index is 2.04. The first-order valence-corrected chi connectivity index (χ1v) is 5.76. The second-order valence-corrected chi connectivity index (χ2v) is 4.50. The van der Waals surface area contributed by atoms with Gasteiger partial charge < -0.3 is 5.73 Å². The Kier molecular flexibility index (Phi) is 3.37. The molecule has 82 valence electrons. The van der Waals surface area contributed by atoms with Gasteiger partial charge in [0.05, 0.1) is 0 Å². The van der Waals surface area contributed by atoms with Crippen LogP contribution in [0.5, 0.6) is 0 Å². The van der Waals surface area contributed by atoms with Crippen LogP contribution in [-0.4, -0.2) is 6.04 Å². The molecular weight excluding hydrogens is 189 g/mol. The van der Waals surface area contributed by atoms with E-state index in [0.29, 0.717) is 5.92 Å². The molecule has 1 aliphatic rings. The highest BCUT2D eigenvalue weighted by Crippen LogP contribution is 2.26. The van der Waals surface area contributed by atoms with Crippen LogP contribution in [0.25, 0.3) is 0 Å². The van der Waals surface area contributed by atoms with E-state index in [1.54, 1.807) is 6.07 Å². The molecule has 2 unspecified atom stereocenters. The first kappa shape index (κ1) is 10.6. The minimum Gasteiger partial charge on any atom is -0.327 e. The van der Waals surface area contributed by atoms with Gasteiger partial charge in [-0.2, -0.15) is 0 Å². The second kappa shape index (κ2) is 4.75. The number of nitrogens with two attached hydrogens (primary N) is 1. The fourth-order valence-corrected chi connectivity index (χ4v) is 2.44. The number of hydrogen-bond acceptors (Lipinski definition) is 1. The van der Waals surface area contributed by atoms with Crippen LogP contribution in [0.3, 0.4) is 0 Å². The van der Waals surface area contributed by atoms with E-state index in [2.05, 4.69) is 0 Å². The van der Waals surface area contributed by atoms with E-state index in [0.717, 1.165) is 24.8 Å². The van der Waals surface area contributed by atoms with Crippen LogP contribution in [-0.2, 0) is 6.42 Å². The predicted molar refractivity (Wildman–Crippen MR) is 60.0 cm³/mol. The summed E-state index contributed by atoms with van der Waals surface area (Å²) in [6.45, 7) is 0. The van der Waals surface area contributed by atoms with Crippen molar-refractivity contribution in [3.8, 4) is 0 Å². The van der Waals surface area contributed by atoms with Crippen LogP contribution < -0.4 is 5.73 Å². The molecule has 2 heteroatoms. The molecule has 0 saturated heterocycles. The van der Waals surface area contributed by atoms with Gasteiger partial charge in [0.15, 0.2) is 0 Å². The Labute approximate surface area is 90.5 Å². The van der Waals surface area contributed by atoms with Gasteiger partial charge in [-0.1, -0.05) is 31.0 Å². The summed E-state index contributed by atoms with van der Waals surface area (Å²) in [6, 6.07) is 7.30. The first-order valence-electron chi connectivity index (χ1n) is 5.76. The van der Waals surface area contributed by atoms with Crippen LogP contribution in [0.4, 0.5) is 4.39 Å². The summed E-state index contributed by atoms with van der Waals surface area (Å²) in [5.74, 6) is 0.380. The minimum absolute atomic E-state index is 0.0877. The summed E-state index contributed by atoms with van der Waals surface area (Å²) < 4.78 is 13.4. The van der Waals surface area contributed by atoms with Gasteiger partial charge in [-0.3, -0.25) is 0 Å². The Morgan fingerprint density at radius 1 is 1.20 bits per heavy atom. The maximum atomic E-state index is 13.4. The number of hydrogen-bond donors (Lipinski definition) is 1. The van der Waals surface area contributed by atoms with Crippen LogP contribution in [0.2, 0.25) is 0 Å². The molecule has 15 heavy (non-hydrogen) atoms. The lowest BCUT2D eigenvalue weighted by Gasteiger charge is -2.28. The van der Waals surface area contributed by atoms with E-state index in [1.807, 2.05) is 12.1 Å². The summed E-state index contributed by atoms with van der Waals surface area (Å²) in [5.41, 5.74) is 6.87. The zero-order chi connectivity index (χ0) is 10.7.